The molecule has 0 aromatic rings. The standard InChI is InChI=1S/C3H7NO2S.C2H5NO/c4-2(1-7)3(5)6;1-2(3)4/h2,7H,1,4H2,(H,5,6);1H3,(H2,3,4)/t2-;/m0./s1. The summed E-state index contributed by atoms with van der Waals surface area (Å²) in [5.41, 5.74) is 9.41. The van der Waals surface area contributed by atoms with Gasteiger partial charge in [-0.15, -0.1) is 0 Å². The first-order chi connectivity index (χ1) is 4.91. The summed E-state index contributed by atoms with van der Waals surface area (Å²) in [4.78, 5) is 19.0. The fraction of sp³-hybridized carbons (Fsp3) is 0.600. The van der Waals surface area contributed by atoms with Crippen LogP contribution in [0.4, 0.5) is 0 Å². The number of nitrogens with two attached hydrogens (primary N) is 2. The van der Waals surface area contributed by atoms with Crippen molar-refractivity contribution in [3.63, 3.8) is 0 Å². The molecule has 0 unspecified atom stereocenters. The molecule has 0 radical (unpaired) electrons. The van der Waals surface area contributed by atoms with Gasteiger partial charge in [0, 0.05) is 12.7 Å². The number of hydrogen-bond acceptors (Lipinski definition) is 4. The van der Waals surface area contributed by atoms with E-state index < -0.39 is 12.0 Å². The van der Waals surface area contributed by atoms with Gasteiger partial charge in [-0.2, -0.15) is 12.6 Å². The maximum Gasteiger partial charge on any atom is 0.321 e. The van der Waals surface area contributed by atoms with Gasteiger partial charge in [0.05, 0.1) is 0 Å². The van der Waals surface area contributed by atoms with Crippen LogP contribution in [0.3, 0.4) is 0 Å². The predicted molar refractivity (Wildman–Crippen MR) is 44.3 cm³/mol. The lowest BCUT2D eigenvalue weighted by Crippen LogP contribution is -2.31. The first kappa shape index (κ1) is 12.9. The fourth-order valence-electron chi connectivity index (χ4n) is 0.0781. The number of carboxylic acids is 1. The average Bonchev–Trinajstić information content (AvgIpc) is 1.85. The molecule has 5 N–H and O–H groups in total. The summed E-state index contributed by atoms with van der Waals surface area (Å²) < 4.78 is 0. The van der Waals surface area contributed by atoms with Crippen LogP contribution >= 0.6 is 12.6 Å². The molecule has 1 amide bonds. The summed E-state index contributed by atoms with van der Waals surface area (Å²) in [6.45, 7) is 1.31. The largest absolute Gasteiger partial charge is 0.480 e. The average molecular weight is 180 g/mol. The minimum atomic E-state index is -1.00. The molecule has 0 saturated heterocycles. The summed E-state index contributed by atoms with van der Waals surface area (Å²) >= 11 is 3.65. The van der Waals surface area contributed by atoms with E-state index in [1.54, 1.807) is 0 Å². The van der Waals surface area contributed by atoms with E-state index in [1.807, 2.05) is 0 Å². The highest BCUT2D eigenvalue weighted by Gasteiger charge is 2.06. The van der Waals surface area contributed by atoms with Crippen LogP contribution in [0.15, 0.2) is 0 Å². The Labute approximate surface area is 70.2 Å². The summed E-state index contributed by atoms with van der Waals surface area (Å²) in [7, 11) is 0. The van der Waals surface area contributed by atoms with E-state index in [9.17, 15) is 9.59 Å². The Hall–Kier alpha value is -0.750. The Morgan fingerprint density at radius 2 is 1.91 bits per heavy atom. The molecule has 0 aliphatic rings. The van der Waals surface area contributed by atoms with Crippen molar-refractivity contribution < 1.29 is 14.7 Å². The van der Waals surface area contributed by atoms with E-state index in [2.05, 4.69) is 18.4 Å². The van der Waals surface area contributed by atoms with Crippen LogP contribution in [0.5, 0.6) is 0 Å². The number of carboxylic acid groups (broad SMARTS) is 1. The molecule has 0 aliphatic heterocycles. The smallest absolute Gasteiger partial charge is 0.321 e. The van der Waals surface area contributed by atoms with Gasteiger partial charge in [-0.25, -0.2) is 0 Å². The molecular weight excluding hydrogens is 168 g/mol. The van der Waals surface area contributed by atoms with Gasteiger partial charge in [-0.3, -0.25) is 9.59 Å². The van der Waals surface area contributed by atoms with Crippen molar-refractivity contribution in [1.29, 1.82) is 0 Å². The summed E-state index contributed by atoms with van der Waals surface area (Å²) in [5.74, 6) is -1.15. The molecule has 5 nitrogen and oxygen atoms in total. The zero-order valence-corrected chi connectivity index (χ0v) is 7.04. The molecule has 0 aromatic heterocycles. The molecule has 0 fully saturated rings. The Morgan fingerprint density at radius 3 is 1.91 bits per heavy atom. The van der Waals surface area contributed by atoms with E-state index >= 15 is 0 Å². The quantitative estimate of drug-likeness (QED) is 0.401. The molecule has 1 atom stereocenters. The third-order valence-electron chi connectivity index (χ3n) is 0.514. The summed E-state index contributed by atoms with van der Waals surface area (Å²) in [5, 5.41) is 8.01. The number of primary amides is 1. The van der Waals surface area contributed by atoms with Gasteiger partial charge in [0.15, 0.2) is 0 Å². The maximum absolute atomic E-state index is 9.76. The third kappa shape index (κ3) is 17.6. The van der Waals surface area contributed by atoms with Crippen molar-refractivity contribution in [1.82, 2.24) is 0 Å². The molecule has 0 rings (SSSR count). The summed E-state index contributed by atoms with van der Waals surface area (Å²) in [6.07, 6.45) is 0. The third-order valence-corrected chi connectivity index (χ3v) is 0.907. The van der Waals surface area contributed by atoms with Crippen molar-refractivity contribution in [2.45, 2.75) is 13.0 Å². The molecule has 0 heterocycles. The van der Waals surface area contributed by atoms with Crippen molar-refractivity contribution in [2.75, 3.05) is 5.75 Å². The van der Waals surface area contributed by atoms with Gasteiger partial charge in [-0.05, 0) is 0 Å². The molecule has 0 aliphatic carbocycles. The number of thiol groups is 1. The lowest BCUT2D eigenvalue weighted by molar-refractivity contribution is -0.137. The van der Waals surface area contributed by atoms with Crippen LogP contribution < -0.4 is 11.5 Å². The summed E-state index contributed by atoms with van der Waals surface area (Å²) in [6, 6.07) is -0.816. The topological polar surface area (TPSA) is 106 Å². The number of rotatable bonds is 2. The maximum atomic E-state index is 9.76. The lowest BCUT2D eigenvalue weighted by Gasteiger charge is -1.96. The fourth-order valence-corrected chi connectivity index (χ4v) is 0.234. The minimum absolute atomic E-state index is 0.190. The van der Waals surface area contributed by atoms with Gasteiger partial charge < -0.3 is 16.6 Å². The van der Waals surface area contributed by atoms with Crippen LogP contribution in [-0.2, 0) is 9.59 Å². The van der Waals surface area contributed by atoms with Gasteiger partial charge in [-0.1, -0.05) is 0 Å². The molecule has 0 saturated carbocycles. The molecule has 0 spiro atoms. The van der Waals surface area contributed by atoms with Crippen LogP contribution in [0, 0.1) is 0 Å². The first-order valence-corrected chi connectivity index (χ1v) is 3.40. The number of hydrogen-bond donors (Lipinski definition) is 4. The SMILES string of the molecule is CC(N)=O.N[C@@H](CS)C(=O)O. The van der Waals surface area contributed by atoms with Crippen molar-refractivity contribution in [3.8, 4) is 0 Å². The first-order valence-electron chi connectivity index (χ1n) is 2.77. The molecule has 11 heavy (non-hydrogen) atoms. The van der Waals surface area contributed by atoms with Gasteiger partial charge >= 0.3 is 5.97 Å². The van der Waals surface area contributed by atoms with Crippen LogP contribution in [0.1, 0.15) is 6.92 Å². The zero-order chi connectivity index (χ0) is 9.44. The lowest BCUT2D eigenvalue weighted by atomic mass is 10.4. The number of aliphatic carboxylic acids is 1. The highest BCUT2D eigenvalue weighted by Crippen LogP contribution is 1.80. The Balaban J connectivity index is 0. The van der Waals surface area contributed by atoms with Gasteiger partial charge in [0.2, 0.25) is 5.91 Å². The Bertz CT molecular complexity index is 136. The van der Waals surface area contributed by atoms with E-state index in [0.717, 1.165) is 0 Å². The second-order valence-electron chi connectivity index (χ2n) is 1.74. The highest BCUT2D eigenvalue weighted by atomic mass is 32.1. The molecule has 0 bridgehead atoms. The molecule has 66 valence electrons. The van der Waals surface area contributed by atoms with E-state index in [0.29, 0.717) is 0 Å². The number of amides is 1. The minimum Gasteiger partial charge on any atom is -0.480 e. The van der Waals surface area contributed by atoms with E-state index in [-0.39, 0.29) is 11.7 Å². The van der Waals surface area contributed by atoms with Crippen LogP contribution in [0.2, 0.25) is 0 Å². The Morgan fingerprint density at radius 1 is 1.64 bits per heavy atom. The van der Waals surface area contributed by atoms with Crippen molar-refractivity contribution in [2.24, 2.45) is 11.5 Å². The normalized spacial score (nSPS) is 10.8. The van der Waals surface area contributed by atoms with E-state index in [1.165, 1.54) is 6.92 Å². The van der Waals surface area contributed by atoms with Gasteiger partial charge in [0.25, 0.3) is 0 Å². The van der Waals surface area contributed by atoms with E-state index in [4.69, 9.17) is 10.8 Å². The second kappa shape index (κ2) is 7.36. The van der Waals surface area contributed by atoms with Gasteiger partial charge in [0.1, 0.15) is 6.04 Å². The zero-order valence-electron chi connectivity index (χ0n) is 6.15. The second-order valence-corrected chi connectivity index (χ2v) is 2.10. The molecule has 0 aromatic carbocycles. The van der Waals surface area contributed by atoms with Crippen molar-refractivity contribution in [3.05, 3.63) is 0 Å². The van der Waals surface area contributed by atoms with Crippen LogP contribution in [0.25, 0.3) is 0 Å². The molecule has 6 heteroatoms. The highest BCUT2D eigenvalue weighted by molar-refractivity contribution is 7.80. The molecular formula is C5H12N2O3S. The predicted octanol–water partition coefficient (Wildman–Crippen LogP) is -1.18. The number of carbonyl (C=O) groups excluding carboxylic acids is 1. The Kier molecular flexibility index (Phi) is 8.62. The van der Waals surface area contributed by atoms with Crippen LogP contribution in [-0.4, -0.2) is 28.8 Å². The number of carbonyl (C=O) groups is 2. The monoisotopic (exact) mass is 180 g/mol. The van der Waals surface area contributed by atoms with Crippen molar-refractivity contribution >= 4 is 24.5 Å².